The minimum Gasteiger partial charge on any atom is -0.481 e. The first-order chi connectivity index (χ1) is 15.7. The minimum absolute atomic E-state index is 0.179. The average Bonchev–Trinajstić information content (AvgIpc) is 2.81. The molecule has 0 fully saturated rings. The second-order valence-corrected chi connectivity index (χ2v) is 7.47. The summed E-state index contributed by atoms with van der Waals surface area (Å²) in [5.74, 6) is 0.367. The lowest BCUT2D eigenvalue weighted by atomic mass is 10.0. The van der Waals surface area contributed by atoms with Gasteiger partial charge in [0.25, 0.3) is 0 Å². The van der Waals surface area contributed by atoms with Gasteiger partial charge in [-0.05, 0) is 12.8 Å². The molecule has 0 atom stereocenters. The Morgan fingerprint density at radius 3 is 1.28 bits per heavy atom. The van der Waals surface area contributed by atoms with Gasteiger partial charge >= 0.3 is 11.9 Å². The smallest absolute Gasteiger partial charge is 0.344 e. The van der Waals surface area contributed by atoms with Crippen molar-refractivity contribution in [2.45, 2.75) is 39.5 Å². The van der Waals surface area contributed by atoms with Crippen molar-refractivity contribution in [2.24, 2.45) is 0 Å². The molecule has 3 rings (SSSR count). The quantitative estimate of drug-likeness (QED) is 0.213. The first-order valence-electron chi connectivity index (χ1n) is 11.2. The van der Waals surface area contributed by atoms with Crippen LogP contribution in [0.3, 0.4) is 0 Å². The number of fused-ring (bicyclic) bond motifs is 2. The number of carbonyl (C=O) groups excluding carboxylic acids is 2. The van der Waals surface area contributed by atoms with E-state index in [1.165, 1.54) is 0 Å². The van der Waals surface area contributed by atoms with Gasteiger partial charge in [0.15, 0.2) is 13.2 Å². The number of hydrogen-bond acceptors (Lipinski definition) is 6. The molecule has 0 radical (unpaired) electrons. The van der Waals surface area contributed by atoms with E-state index in [1.807, 2.05) is 62.4 Å². The van der Waals surface area contributed by atoms with Gasteiger partial charge in [-0.25, -0.2) is 9.59 Å². The van der Waals surface area contributed by atoms with Crippen LogP contribution in [0.4, 0.5) is 0 Å². The van der Waals surface area contributed by atoms with Crippen LogP contribution in [0.25, 0.3) is 21.5 Å². The van der Waals surface area contributed by atoms with E-state index >= 15 is 0 Å². The zero-order chi connectivity index (χ0) is 22.8. The number of benzene rings is 3. The van der Waals surface area contributed by atoms with Crippen LogP contribution >= 0.6 is 0 Å². The topological polar surface area (TPSA) is 71.1 Å². The van der Waals surface area contributed by atoms with Gasteiger partial charge in [-0.3, -0.25) is 0 Å². The first kappa shape index (κ1) is 23.4. The molecular formula is C26H30O6. The molecule has 6 nitrogen and oxygen atoms in total. The van der Waals surface area contributed by atoms with E-state index in [-0.39, 0.29) is 13.2 Å². The molecule has 0 aliphatic carbocycles. The van der Waals surface area contributed by atoms with Crippen LogP contribution in [-0.4, -0.2) is 38.4 Å². The van der Waals surface area contributed by atoms with Gasteiger partial charge < -0.3 is 18.9 Å². The molecule has 0 bridgehead atoms. The van der Waals surface area contributed by atoms with E-state index in [9.17, 15) is 9.59 Å². The standard InChI is InChI=1S/C26H30O6/c1-3-5-15-29-23(27)17-31-25-19-11-7-9-13-21(19)26(22-14-10-8-12-20(22)25)32-18-24(28)30-16-6-4-2/h7-14H,3-6,15-18H2,1-2H3. The summed E-state index contributed by atoms with van der Waals surface area (Å²) in [6.07, 6.45) is 3.56. The maximum Gasteiger partial charge on any atom is 0.344 e. The van der Waals surface area contributed by atoms with Crippen molar-refractivity contribution in [3.05, 3.63) is 48.5 Å². The summed E-state index contributed by atoms with van der Waals surface area (Å²) < 4.78 is 22.3. The Balaban J connectivity index is 1.89. The molecule has 6 heteroatoms. The fourth-order valence-corrected chi connectivity index (χ4v) is 3.37. The van der Waals surface area contributed by atoms with Crippen molar-refractivity contribution in [1.29, 1.82) is 0 Å². The molecule has 170 valence electrons. The van der Waals surface area contributed by atoms with E-state index in [4.69, 9.17) is 18.9 Å². The molecule has 0 saturated carbocycles. The number of ether oxygens (including phenoxy) is 4. The Labute approximate surface area is 188 Å². The molecule has 3 aromatic carbocycles. The predicted molar refractivity (Wildman–Crippen MR) is 124 cm³/mol. The minimum atomic E-state index is -0.401. The highest BCUT2D eigenvalue weighted by atomic mass is 16.6. The Morgan fingerprint density at radius 2 is 0.969 bits per heavy atom. The molecule has 0 aliphatic rings. The number of carbonyl (C=O) groups is 2. The summed E-state index contributed by atoms with van der Waals surface area (Å²) in [6, 6.07) is 15.2. The van der Waals surface area contributed by atoms with Gasteiger partial charge in [0.1, 0.15) is 11.5 Å². The van der Waals surface area contributed by atoms with E-state index in [0.29, 0.717) is 24.7 Å². The Kier molecular flexibility index (Phi) is 8.72. The zero-order valence-electron chi connectivity index (χ0n) is 18.7. The van der Waals surface area contributed by atoms with Crippen molar-refractivity contribution >= 4 is 33.5 Å². The van der Waals surface area contributed by atoms with Gasteiger partial charge in [0.05, 0.1) is 13.2 Å². The Bertz CT molecular complexity index is 918. The lowest BCUT2D eigenvalue weighted by Gasteiger charge is -2.17. The molecule has 3 aromatic rings. The van der Waals surface area contributed by atoms with E-state index < -0.39 is 11.9 Å². The van der Waals surface area contributed by atoms with Gasteiger partial charge in [-0.15, -0.1) is 0 Å². The third-order valence-electron chi connectivity index (χ3n) is 5.02. The molecule has 0 N–H and O–H groups in total. The van der Waals surface area contributed by atoms with Crippen LogP contribution in [-0.2, 0) is 19.1 Å². The van der Waals surface area contributed by atoms with Crippen LogP contribution in [0.1, 0.15) is 39.5 Å². The molecule has 0 amide bonds. The average molecular weight is 439 g/mol. The normalized spacial score (nSPS) is 10.8. The Hall–Kier alpha value is -3.28. The molecule has 0 unspecified atom stereocenters. The number of hydrogen-bond donors (Lipinski definition) is 0. The van der Waals surface area contributed by atoms with Gasteiger partial charge in [-0.2, -0.15) is 0 Å². The molecular weight excluding hydrogens is 408 g/mol. The highest BCUT2D eigenvalue weighted by molar-refractivity contribution is 6.11. The highest BCUT2D eigenvalue weighted by Crippen LogP contribution is 2.42. The van der Waals surface area contributed by atoms with Crippen molar-refractivity contribution in [1.82, 2.24) is 0 Å². The maximum absolute atomic E-state index is 12.1. The van der Waals surface area contributed by atoms with Gasteiger partial charge in [0.2, 0.25) is 0 Å². The van der Waals surface area contributed by atoms with Crippen molar-refractivity contribution in [3.8, 4) is 11.5 Å². The van der Waals surface area contributed by atoms with Crippen LogP contribution in [0.2, 0.25) is 0 Å². The molecule has 0 saturated heterocycles. The van der Waals surface area contributed by atoms with Crippen molar-refractivity contribution in [2.75, 3.05) is 26.4 Å². The van der Waals surface area contributed by atoms with Crippen molar-refractivity contribution in [3.63, 3.8) is 0 Å². The van der Waals surface area contributed by atoms with Gasteiger partial charge in [-0.1, -0.05) is 75.2 Å². The van der Waals surface area contributed by atoms with Crippen LogP contribution in [0.5, 0.6) is 11.5 Å². The summed E-state index contributed by atoms with van der Waals surface area (Å²) >= 11 is 0. The number of unbranched alkanes of at least 4 members (excludes halogenated alkanes) is 2. The molecule has 0 aliphatic heterocycles. The second-order valence-electron chi connectivity index (χ2n) is 7.47. The maximum atomic E-state index is 12.1. The third-order valence-corrected chi connectivity index (χ3v) is 5.02. The molecule has 0 spiro atoms. The van der Waals surface area contributed by atoms with E-state index in [1.54, 1.807) is 0 Å². The summed E-state index contributed by atoms with van der Waals surface area (Å²) in [6.45, 7) is 4.50. The Morgan fingerprint density at radius 1 is 0.625 bits per heavy atom. The molecule has 0 aromatic heterocycles. The first-order valence-corrected chi connectivity index (χ1v) is 11.2. The van der Waals surface area contributed by atoms with E-state index in [2.05, 4.69) is 0 Å². The predicted octanol–water partition coefficient (Wildman–Crippen LogP) is 5.44. The number of esters is 2. The fraction of sp³-hybridized carbons (Fsp3) is 0.385. The van der Waals surface area contributed by atoms with Crippen LogP contribution in [0.15, 0.2) is 48.5 Å². The fourth-order valence-electron chi connectivity index (χ4n) is 3.37. The summed E-state index contributed by atoms with van der Waals surface area (Å²) in [4.78, 5) is 24.2. The number of rotatable bonds is 12. The summed E-state index contributed by atoms with van der Waals surface area (Å²) in [5.41, 5.74) is 0. The van der Waals surface area contributed by atoms with Gasteiger partial charge in [0, 0.05) is 21.5 Å². The lowest BCUT2D eigenvalue weighted by Crippen LogP contribution is -2.16. The largest absolute Gasteiger partial charge is 0.481 e. The van der Waals surface area contributed by atoms with Crippen LogP contribution < -0.4 is 9.47 Å². The van der Waals surface area contributed by atoms with Crippen molar-refractivity contribution < 1.29 is 28.5 Å². The van der Waals surface area contributed by atoms with E-state index in [0.717, 1.165) is 47.2 Å². The summed E-state index contributed by atoms with van der Waals surface area (Å²) in [5, 5.41) is 3.17. The molecule has 0 heterocycles. The lowest BCUT2D eigenvalue weighted by molar-refractivity contribution is -0.146. The summed E-state index contributed by atoms with van der Waals surface area (Å²) in [7, 11) is 0. The second kappa shape index (κ2) is 11.9. The van der Waals surface area contributed by atoms with Crippen LogP contribution in [0, 0.1) is 0 Å². The zero-order valence-corrected chi connectivity index (χ0v) is 18.7. The highest BCUT2D eigenvalue weighted by Gasteiger charge is 2.18. The molecule has 32 heavy (non-hydrogen) atoms. The monoisotopic (exact) mass is 438 g/mol. The SMILES string of the molecule is CCCCOC(=O)COc1c2ccccc2c(OCC(=O)OCCCC)c2ccccc12. The third kappa shape index (κ3) is 5.90.